The molecule has 0 fully saturated rings. The van der Waals surface area contributed by atoms with E-state index in [0.29, 0.717) is 0 Å². The summed E-state index contributed by atoms with van der Waals surface area (Å²) in [4.78, 5) is 0. The molecule has 0 spiro atoms. The van der Waals surface area contributed by atoms with Gasteiger partial charge in [-0.2, -0.15) is 5.10 Å². The first-order valence-electron chi connectivity index (χ1n) is 7.58. The molecular weight excluding hydrogens is 248 g/mol. The second kappa shape index (κ2) is 5.80. The largest absolute Gasteiger partial charge is 0.388 e. The van der Waals surface area contributed by atoms with Crippen LogP contribution in [-0.2, 0) is 13.0 Å². The molecule has 1 heterocycles. The maximum absolute atomic E-state index is 10.7. The Kier molecular flexibility index (Phi) is 3.88. The number of aromatic nitrogens is 2. The van der Waals surface area contributed by atoms with Gasteiger partial charge in [-0.25, -0.2) is 0 Å². The van der Waals surface area contributed by atoms with E-state index >= 15 is 0 Å². The van der Waals surface area contributed by atoms with Gasteiger partial charge in [-0.3, -0.25) is 4.68 Å². The molecule has 20 heavy (non-hydrogen) atoms. The first kappa shape index (κ1) is 13.4. The highest BCUT2D eigenvalue weighted by Gasteiger charge is 2.28. The number of aliphatic hydroxyl groups excluding tert-OH is 1. The number of aliphatic hydroxyl groups is 1. The molecule has 1 aromatic carbocycles. The fourth-order valence-corrected chi connectivity index (χ4v) is 3.24. The molecule has 0 amide bonds. The van der Waals surface area contributed by atoms with Crippen molar-refractivity contribution in [1.29, 1.82) is 0 Å². The number of hydrogen-bond acceptors (Lipinski definition) is 2. The van der Waals surface area contributed by atoms with Gasteiger partial charge in [-0.1, -0.05) is 31.2 Å². The van der Waals surface area contributed by atoms with E-state index < -0.39 is 6.10 Å². The summed E-state index contributed by atoms with van der Waals surface area (Å²) in [5.41, 5.74) is 3.65. The van der Waals surface area contributed by atoms with Crippen LogP contribution >= 0.6 is 0 Å². The van der Waals surface area contributed by atoms with Gasteiger partial charge in [0.25, 0.3) is 0 Å². The fraction of sp³-hybridized carbons (Fsp3) is 0.471. The van der Waals surface area contributed by atoms with Gasteiger partial charge in [0.2, 0.25) is 0 Å². The fourth-order valence-electron chi connectivity index (χ4n) is 3.24. The van der Waals surface area contributed by atoms with Crippen molar-refractivity contribution in [3.05, 3.63) is 53.3 Å². The number of rotatable bonds is 4. The molecule has 2 atom stereocenters. The van der Waals surface area contributed by atoms with E-state index in [0.717, 1.165) is 37.8 Å². The lowest BCUT2D eigenvalue weighted by Gasteiger charge is -2.29. The second-order valence-corrected chi connectivity index (χ2v) is 5.68. The molecule has 1 aliphatic rings. The Morgan fingerprint density at radius 3 is 3.10 bits per heavy atom. The van der Waals surface area contributed by atoms with Crippen LogP contribution in [-0.4, -0.2) is 14.9 Å². The van der Waals surface area contributed by atoms with Crippen LogP contribution < -0.4 is 0 Å². The molecular formula is C17H22N2O. The minimum atomic E-state index is -0.443. The molecule has 0 radical (unpaired) electrons. The van der Waals surface area contributed by atoms with Gasteiger partial charge in [0.15, 0.2) is 0 Å². The number of benzene rings is 1. The summed E-state index contributed by atoms with van der Waals surface area (Å²) in [5, 5.41) is 15.1. The van der Waals surface area contributed by atoms with Gasteiger partial charge in [0.1, 0.15) is 0 Å². The molecule has 0 saturated carbocycles. The van der Waals surface area contributed by atoms with Crippen molar-refractivity contribution in [2.45, 2.75) is 51.2 Å². The quantitative estimate of drug-likeness (QED) is 0.924. The molecule has 0 aliphatic heterocycles. The normalized spacial score (nSPS) is 19.6. The van der Waals surface area contributed by atoms with Crippen LogP contribution in [0.2, 0.25) is 0 Å². The standard InChI is InChI=1S/C17H22N2O/c1-2-10-19-12-14(11-18-19)17(20)16-9-5-7-13-6-3-4-8-15(13)16/h3-4,6,8,11-12,16-17,20H,2,5,7,9-10H2,1H3. The first-order chi connectivity index (χ1) is 9.79. The Balaban J connectivity index is 1.85. The lowest BCUT2D eigenvalue weighted by Crippen LogP contribution is -2.16. The molecule has 0 bridgehead atoms. The third-order valence-corrected chi connectivity index (χ3v) is 4.24. The Hall–Kier alpha value is -1.61. The van der Waals surface area contributed by atoms with Crippen molar-refractivity contribution in [3.63, 3.8) is 0 Å². The average Bonchev–Trinajstić information content (AvgIpc) is 2.95. The lowest BCUT2D eigenvalue weighted by molar-refractivity contribution is 0.136. The average molecular weight is 270 g/mol. The van der Waals surface area contributed by atoms with Crippen LogP contribution in [0.3, 0.4) is 0 Å². The monoisotopic (exact) mass is 270 g/mol. The van der Waals surface area contributed by atoms with E-state index in [9.17, 15) is 5.11 Å². The molecule has 0 saturated heterocycles. The molecule has 3 nitrogen and oxygen atoms in total. The summed E-state index contributed by atoms with van der Waals surface area (Å²) in [5.74, 6) is 0.208. The predicted octanol–water partition coefficient (Wildman–Crippen LogP) is 3.45. The Morgan fingerprint density at radius 2 is 2.25 bits per heavy atom. The van der Waals surface area contributed by atoms with Crippen LogP contribution in [0.5, 0.6) is 0 Å². The number of nitrogens with zero attached hydrogens (tertiary/aromatic N) is 2. The van der Waals surface area contributed by atoms with Gasteiger partial charge in [0.05, 0.1) is 12.3 Å². The zero-order valence-electron chi connectivity index (χ0n) is 12.0. The molecule has 3 heteroatoms. The number of aryl methyl sites for hydroxylation is 2. The van der Waals surface area contributed by atoms with Gasteiger partial charge in [0, 0.05) is 24.2 Å². The highest BCUT2D eigenvalue weighted by Crippen LogP contribution is 2.40. The Labute approximate surface area is 120 Å². The van der Waals surface area contributed by atoms with Gasteiger partial charge < -0.3 is 5.11 Å². The van der Waals surface area contributed by atoms with Crippen LogP contribution in [0.15, 0.2) is 36.7 Å². The summed E-state index contributed by atoms with van der Waals surface area (Å²) in [7, 11) is 0. The van der Waals surface area contributed by atoms with Crippen molar-refractivity contribution in [3.8, 4) is 0 Å². The molecule has 106 valence electrons. The van der Waals surface area contributed by atoms with Gasteiger partial charge in [-0.05, 0) is 36.8 Å². The van der Waals surface area contributed by atoms with Crippen molar-refractivity contribution in [2.24, 2.45) is 0 Å². The van der Waals surface area contributed by atoms with Crippen LogP contribution in [0.25, 0.3) is 0 Å². The van der Waals surface area contributed by atoms with E-state index in [4.69, 9.17) is 0 Å². The third-order valence-electron chi connectivity index (χ3n) is 4.24. The summed E-state index contributed by atoms with van der Waals surface area (Å²) in [6.07, 6.45) is 7.77. The molecule has 1 N–H and O–H groups in total. The van der Waals surface area contributed by atoms with Crippen LogP contribution in [0, 0.1) is 0 Å². The SMILES string of the molecule is CCCn1cc(C(O)C2CCCc3ccccc32)cn1. The minimum absolute atomic E-state index is 0.208. The van der Waals surface area contributed by atoms with Gasteiger partial charge in [-0.15, -0.1) is 0 Å². The van der Waals surface area contributed by atoms with E-state index in [-0.39, 0.29) is 5.92 Å². The van der Waals surface area contributed by atoms with Crippen molar-refractivity contribution >= 4 is 0 Å². The summed E-state index contributed by atoms with van der Waals surface area (Å²) in [6, 6.07) is 8.52. The van der Waals surface area contributed by atoms with Crippen molar-refractivity contribution in [1.82, 2.24) is 9.78 Å². The number of fused-ring (bicyclic) bond motifs is 1. The molecule has 3 rings (SSSR count). The summed E-state index contributed by atoms with van der Waals surface area (Å²) < 4.78 is 1.92. The number of hydrogen-bond donors (Lipinski definition) is 1. The van der Waals surface area contributed by atoms with Crippen molar-refractivity contribution < 1.29 is 5.11 Å². The van der Waals surface area contributed by atoms with E-state index in [2.05, 4.69) is 36.3 Å². The minimum Gasteiger partial charge on any atom is -0.388 e. The molecule has 1 aromatic heterocycles. The summed E-state index contributed by atoms with van der Waals surface area (Å²) >= 11 is 0. The lowest BCUT2D eigenvalue weighted by atomic mass is 9.78. The topological polar surface area (TPSA) is 38.0 Å². The zero-order valence-corrected chi connectivity index (χ0v) is 12.0. The van der Waals surface area contributed by atoms with Crippen molar-refractivity contribution in [2.75, 3.05) is 0 Å². The Bertz CT molecular complexity index is 576. The third kappa shape index (κ3) is 2.50. The van der Waals surface area contributed by atoms with E-state index in [1.165, 1.54) is 11.1 Å². The maximum atomic E-state index is 10.7. The predicted molar refractivity (Wildman–Crippen MR) is 79.6 cm³/mol. The highest BCUT2D eigenvalue weighted by molar-refractivity contribution is 5.34. The first-order valence-corrected chi connectivity index (χ1v) is 7.58. The molecule has 2 aromatic rings. The Morgan fingerprint density at radius 1 is 1.40 bits per heavy atom. The molecule has 2 unspecified atom stereocenters. The summed E-state index contributed by atoms with van der Waals surface area (Å²) in [6.45, 7) is 3.04. The van der Waals surface area contributed by atoms with E-state index in [1.54, 1.807) is 0 Å². The van der Waals surface area contributed by atoms with E-state index in [1.807, 2.05) is 17.1 Å². The van der Waals surface area contributed by atoms with Crippen LogP contribution in [0.1, 0.15) is 54.9 Å². The molecule has 1 aliphatic carbocycles. The zero-order chi connectivity index (χ0) is 13.9. The smallest absolute Gasteiger partial charge is 0.0889 e. The second-order valence-electron chi connectivity index (χ2n) is 5.68. The maximum Gasteiger partial charge on any atom is 0.0889 e. The van der Waals surface area contributed by atoms with Gasteiger partial charge >= 0.3 is 0 Å². The van der Waals surface area contributed by atoms with Crippen LogP contribution in [0.4, 0.5) is 0 Å². The highest BCUT2D eigenvalue weighted by atomic mass is 16.3.